The molecule has 188 valence electrons. The number of carbonyl (C=O) groups excluding carboxylic acids is 1. The zero-order valence-electron chi connectivity index (χ0n) is 18.2. The lowest BCUT2D eigenvalue weighted by Crippen LogP contribution is -2.15. The third-order valence-electron chi connectivity index (χ3n) is 5.22. The van der Waals surface area contributed by atoms with E-state index < -0.39 is 39.8 Å². The monoisotopic (exact) mass is 525 g/mol. The van der Waals surface area contributed by atoms with Gasteiger partial charge in [0, 0.05) is 11.3 Å². The number of nitrogens with one attached hydrogen (secondary N) is 1. The van der Waals surface area contributed by atoms with E-state index in [9.17, 15) is 35.2 Å². The van der Waals surface area contributed by atoms with Crippen LogP contribution in [0, 0.1) is 6.92 Å². The summed E-state index contributed by atoms with van der Waals surface area (Å²) in [6.45, 7) is 1.23. The Hall–Kier alpha value is -3.91. The number of hydrogen-bond acceptors (Lipinski definition) is 5. The van der Waals surface area contributed by atoms with E-state index in [1.807, 2.05) is 0 Å². The van der Waals surface area contributed by atoms with E-state index in [0.29, 0.717) is 0 Å². The van der Waals surface area contributed by atoms with Gasteiger partial charge in [0.2, 0.25) is 10.0 Å². The molecule has 2 aromatic carbocycles. The number of halogens is 5. The molecule has 0 fully saturated rings. The van der Waals surface area contributed by atoms with Crippen LogP contribution in [0.3, 0.4) is 0 Å². The van der Waals surface area contributed by atoms with Crippen molar-refractivity contribution in [1.29, 1.82) is 0 Å². The molecule has 0 spiro atoms. The molecule has 0 radical (unpaired) electrons. The Morgan fingerprint density at radius 3 is 2.44 bits per heavy atom. The molecule has 1 amide bonds. The Labute approximate surface area is 200 Å². The van der Waals surface area contributed by atoms with E-state index in [4.69, 9.17) is 5.14 Å². The average molecular weight is 525 g/mol. The number of primary sulfonamides is 1. The number of carbonyl (C=O) groups is 1. The van der Waals surface area contributed by atoms with Crippen molar-refractivity contribution in [3.8, 4) is 11.3 Å². The molecule has 0 saturated heterocycles. The first-order valence-corrected chi connectivity index (χ1v) is 11.6. The highest BCUT2D eigenvalue weighted by molar-refractivity contribution is 7.89. The van der Waals surface area contributed by atoms with Crippen LogP contribution in [0.25, 0.3) is 16.9 Å². The molecular formula is C22H16F5N5O3S. The molecule has 14 heteroatoms. The number of aromatic nitrogens is 3. The Morgan fingerprint density at radius 1 is 1.11 bits per heavy atom. The van der Waals surface area contributed by atoms with E-state index in [0.717, 1.165) is 41.0 Å². The quantitative estimate of drug-likeness (QED) is 0.370. The van der Waals surface area contributed by atoms with Gasteiger partial charge < -0.3 is 5.32 Å². The van der Waals surface area contributed by atoms with Gasteiger partial charge in [0.05, 0.1) is 22.3 Å². The summed E-state index contributed by atoms with van der Waals surface area (Å²) >= 11 is 0. The maximum absolute atomic E-state index is 13.8. The first kappa shape index (κ1) is 25.2. The van der Waals surface area contributed by atoms with Gasteiger partial charge in [0.1, 0.15) is 11.3 Å². The number of nitrogens with zero attached hydrogens (tertiary/aromatic N) is 3. The highest BCUT2D eigenvalue weighted by Crippen LogP contribution is 2.34. The maximum Gasteiger partial charge on any atom is 0.416 e. The van der Waals surface area contributed by atoms with Gasteiger partial charge in [0.25, 0.3) is 12.3 Å². The number of fused-ring (bicyclic) bond motifs is 1. The normalized spacial score (nSPS) is 12.3. The standard InChI is InChI=1S/C22H16F5N5O3S/c1-11-7-12(5-6-16(11)22(25,26)27)17-9-18(19(23)24)32-20(31-17)15(10-29-32)21(33)30-13-3-2-4-14(8-13)36(28,34)35/h2-10,19H,1H3,(H,30,33)(H2,28,34,35). The third kappa shape index (κ3) is 4.90. The number of rotatable bonds is 5. The van der Waals surface area contributed by atoms with Crippen LogP contribution in [0.15, 0.2) is 59.6 Å². The fraction of sp³-hybridized carbons (Fsp3) is 0.136. The smallest absolute Gasteiger partial charge is 0.322 e. The molecule has 0 aliphatic rings. The summed E-state index contributed by atoms with van der Waals surface area (Å²) < 4.78 is 90.8. The Morgan fingerprint density at radius 2 is 1.83 bits per heavy atom. The molecular weight excluding hydrogens is 509 g/mol. The van der Waals surface area contributed by atoms with Crippen LogP contribution in [0.2, 0.25) is 0 Å². The summed E-state index contributed by atoms with van der Waals surface area (Å²) in [6, 6.07) is 9.09. The average Bonchev–Trinajstić information content (AvgIpc) is 3.21. The molecule has 0 bridgehead atoms. The van der Waals surface area contributed by atoms with Crippen LogP contribution in [0.5, 0.6) is 0 Å². The summed E-state index contributed by atoms with van der Waals surface area (Å²) in [6.07, 6.45) is -6.65. The molecule has 4 rings (SSSR count). The summed E-state index contributed by atoms with van der Waals surface area (Å²) in [7, 11) is -4.05. The lowest BCUT2D eigenvalue weighted by molar-refractivity contribution is -0.138. The molecule has 0 aliphatic heterocycles. The van der Waals surface area contributed by atoms with Crippen molar-refractivity contribution in [1.82, 2.24) is 14.6 Å². The SMILES string of the molecule is Cc1cc(-c2cc(C(F)F)n3ncc(C(=O)Nc4cccc(S(N)(=O)=O)c4)c3n2)ccc1C(F)(F)F. The number of sulfonamides is 1. The zero-order chi connectivity index (χ0) is 26.4. The van der Waals surface area contributed by atoms with Crippen molar-refractivity contribution in [3.63, 3.8) is 0 Å². The first-order chi connectivity index (χ1) is 16.8. The molecule has 2 aromatic heterocycles. The predicted molar refractivity (Wildman–Crippen MR) is 119 cm³/mol. The molecule has 0 atom stereocenters. The van der Waals surface area contributed by atoms with Crippen molar-refractivity contribution in [2.45, 2.75) is 24.4 Å². The number of alkyl halides is 5. The lowest BCUT2D eigenvalue weighted by Gasteiger charge is -2.13. The minimum Gasteiger partial charge on any atom is -0.322 e. The third-order valence-corrected chi connectivity index (χ3v) is 6.13. The predicted octanol–water partition coefficient (Wildman–Crippen LogP) is 4.56. The van der Waals surface area contributed by atoms with Crippen LogP contribution >= 0.6 is 0 Å². The van der Waals surface area contributed by atoms with Crippen molar-refractivity contribution < 1.29 is 35.2 Å². The summed E-state index contributed by atoms with van der Waals surface area (Å²) in [5.74, 6) is -0.843. The number of anilines is 1. The van der Waals surface area contributed by atoms with E-state index >= 15 is 0 Å². The molecule has 36 heavy (non-hydrogen) atoms. The second-order valence-corrected chi connectivity index (χ2v) is 9.28. The van der Waals surface area contributed by atoms with Crippen LogP contribution in [-0.2, 0) is 16.2 Å². The summed E-state index contributed by atoms with van der Waals surface area (Å²) in [5, 5.41) is 11.3. The van der Waals surface area contributed by atoms with Gasteiger partial charge in [-0.3, -0.25) is 4.79 Å². The summed E-state index contributed by atoms with van der Waals surface area (Å²) in [5.41, 5.74) is -2.09. The van der Waals surface area contributed by atoms with Gasteiger partial charge in [-0.15, -0.1) is 0 Å². The highest BCUT2D eigenvalue weighted by atomic mass is 32.2. The topological polar surface area (TPSA) is 119 Å². The highest BCUT2D eigenvalue weighted by Gasteiger charge is 2.32. The second kappa shape index (κ2) is 8.95. The molecule has 0 saturated carbocycles. The number of hydrogen-bond donors (Lipinski definition) is 2. The second-order valence-electron chi connectivity index (χ2n) is 7.72. The van der Waals surface area contributed by atoms with Gasteiger partial charge >= 0.3 is 6.18 Å². The van der Waals surface area contributed by atoms with Crippen molar-refractivity contribution in [2.75, 3.05) is 5.32 Å². The molecule has 2 heterocycles. The van der Waals surface area contributed by atoms with E-state index in [1.165, 1.54) is 25.1 Å². The Kier molecular flexibility index (Phi) is 6.26. The van der Waals surface area contributed by atoms with Crippen LogP contribution in [0.1, 0.15) is 33.6 Å². The van der Waals surface area contributed by atoms with Crippen molar-refractivity contribution in [2.24, 2.45) is 5.14 Å². The molecule has 0 unspecified atom stereocenters. The largest absolute Gasteiger partial charge is 0.416 e. The van der Waals surface area contributed by atoms with Gasteiger partial charge in [-0.2, -0.15) is 18.3 Å². The molecule has 0 aliphatic carbocycles. The van der Waals surface area contributed by atoms with Crippen molar-refractivity contribution >= 4 is 27.3 Å². The van der Waals surface area contributed by atoms with Crippen molar-refractivity contribution in [3.05, 3.63) is 77.1 Å². The Bertz CT molecular complexity index is 1600. The molecule has 8 nitrogen and oxygen atoms in total. The first-order valence-electron chi connectivity index (χ1n) is 10.0. The van der Waals surface area contributed by atoms with Gasteiger partial charge in [-0.1, -0.05) is 12.1 Å². The van der Waals surface area contributed by atoms with E-state index in [-0.39, 0.29) is 38.6 Å². The minimum atomic E-state index is -4.59. The maximum atomic E-state index is 13.8. The number of aryl methyl sites for hydroxylation is 1. The van der Waals surface area contributed by atoms with Gasteiger partial charge in [-0.25, -0.2) is 31.8 Å². The van der Waals surface area contributed by atoms with Gasteiger partial charge in [-0.05, 0) is 48.9 Å². The Balaban J connectivity index is 1.79. The van der Waals surface area contributed by atoms with Crippen LogP contribution in [-0.4, -0.2) is 28.9 Å². The van der Waals surface area contributed by atoms with E-state index in [1.54, 1.807) is 0 Å². The fourth-order valence-electron chi connectivity index (χ4n) is 3.54. The summed E-state index contributed by atoms with van der Waals surface area (Å²) in [4.78, 5) is 16.8. The van der Waals surface area contributed by atoms with E-state index in [2.05, 4.69) is 15.4 Å². The molecule has 3 N–H and O–H groups in total. The number of nitrogens with two attached hydrogens (primary N) is 1. The minimum absolute atomic E-state index is 0.0504. The van der Waals surface area contributed by atoms with Gasteiger partial charge in [0.15, 0.2) is 5.65 Å². The number of benzene rings is 2. The fourth-order valence-corrected chi connectivity index (χ4v) is 4.10. The van der Waals surface area contributed by atoms with Crippen LogP contribution in [0.4, 0.5) is 27.6 Å². The number of amides is 1. The lowest BCUT2D eigenvalue weighted by atomic mass is 10.0. The zero-order valence-corrected chi connectivity index (χ0v) is 19.0. The van der Waals surface area contributed by atoms with Crippen LogP contribution < -0.4 is 10.5 Å². The molecule has 4 aromatic rings.